The minimum Gasteiger partial charge on any atom is -0.363 e. The normalized spacial score (nSPS) is 10.7. The number of nitrogens with zero attached hydrogens (tertiary/aromatic N) is 2. The minimum atomic E-state index is -0.670. The van der Waals surface area contributed by atoms with Crippen molar-refractivity contribution < 1.29 is 4.79 Å². The summed E-state index contributed by atoms with van der Waals surface area (Å²) in [5.41, 5.74) is 6.35. The maximum Gasteiger partial charge on any atom is 0.285 e. The van der Waals surface area contributed by atoms with Crippen LogP contribution in [0.3, 0.4) is 0 Å². The SMILES string of the molecule is Cc1nc(C(N)=O)n(-c2ccc(Cl)c(Cl)c2)c1Cl. The fraction of sp³-hybridized carbons (Fsp3) is 0.0909. The maximum atomic E-state index is 11.3. The Labute approximate surface area is 118 Å². The average molecular weight is 305 g/mol. The van der Waals surface area contributed by atoms with E-state index in [9.17, 15) is 4.79 Å². The second-order valence-electron chi connectivity index (χ2n) is 3.61. The molecule has 1 heterocycles. The third kappa shape index (κ3) is 2.19. The smallest absolute Gasteiger partial charge is 0.285 e. The summed E-state index contributed by atoms with van der Waals surface area (Å²) in [7, 11) is 0. The number of carbonyl (C=O) groups is 1. The van der Waals surface area contributed by atoms with Crippen molar-refractivity contribution in [3.8, 4) is 5.69 Å². The molecule has 4 nitrogen and oxygen atoms in total. The van der Waals surface area contributed by atoms with Crippen LogP contribution < -0.4 is 5.73 Å². The summed E-state index contributed by atoms with van der Waals surface area (Å²) in [6.07, 6.45) is 0. The van der Waals surface area contributed by atoms with E-state index in [2.05, 4.69) is 4.98 Å². The lowest BCUT2D eigenvalue weighted by atomic mass is 10.3. The van der Waals surface area contributed by atoms with Gasteiger partial charge in [-0.15, -0.1) is 0 Å². The number of primary amides is 1. The monoisotopic (exact) mass is 303 g/mol. The second-order valence-corrected chi connectivity index (χ2v) is 4.78. The van der Waals surface area contributed by atoms with E-state index in [1.807, 2.05) is 0 Å². The number of amides is 1. The van der Waals surface area contributed by atoms with Crippen molar-refractivity contribution >= 4 is 40.7 Å². The molecule has 18 heavy (non-hydrogen) atoms. The van der Waals surface area contributed by atoms with Crippen molar-refractivity contribution in [1.82, 2.24) is 9.55 Å². The molecule has 0 atom stereocenters. The van der Waals surface area contributed by atoms with Gasteiger partial charge in [0, 0.05) is 0 Å². The first-order chi connectivity index (χ1) is 8.41. The zero-order valence-electron chi connectivity index (χ0n) is 9.25. The van der Waals surface area contributed by atoms with Gasteiger partial charge in [-0.3, -0.25) is 9.36 Å². The van der Waals surface area contributed by atoms with Crippen LogP contribution in [0.25, 0.3) is 5.69 Å². The van der Waals surface area contributed by atoms with E-state index >= 15 is 0 Å². The Kier molecular flexibility index (Phi) is 3.52. The number of halogens is 3. The molecule has 0 aliphatic rings. The summed E-state index contributed by atoms with van der Waals surface area (Å²) in [4.78, 5) is 15.4. The molecule has 0 fully saturated rings. The Morgan fingerprint density at radius 2 is 1.94 bits per heavy atom. The van der Waals surface area contributed by atoms with Crippen molar-refractivity contribution in [2.24, 2.45) is 5.73 Å². The van der Waals surface area contributed by atoms with Gasteiger partial charge in [-0.2, -0.15) is 0 Å². The van der Waals surface area contributed by atoms with Gasteiger partial charge in [0.1, 0.15) is 5.15 Å². The molecule has 1 aromatic heterocycles. The average Bonchev–Trinajstić information content (AvgIpc) is 2.60. The molecule has 0 saturated heterocycles. The van der Waals surface area contributed by atoms with Crippen LogP contribution in [0.5, 0.6) is 0 Å². The summed E-state index contributed by atoms with van der Waals surface area (Å²) < 4.78 is 1.43. The predicted octanol–water partition coefficient (Wildman–Crippen LogP) is 3.24. The highest BCUT2D eigenvalue weighted by atomic mass is 35.5. The van der Waals surface area contributed by atoms with Crippen molar-refractivity contribution in [3.63, 3.8) is 0 Å². The Balaban J connectivity index is 2.69. The van der Waals surface area contributed by atoms with Crippen molar-refractivity contribution in [2.75, 3.05) is 0 Å². The van der Waals surface area contributed by atoms with Crippen LogP contribution in [0.2, 0.25) is 15.2 Å². The molecule has 0 aliphatic carbocycles. The Morgan fingerprint density at radius 3 is 2.50 bits per heavy atom. The molecule has 0 unspecified atom stereocenters. The van der Waals surface area contributed by atoms with Gasteiger partial charge in [0.2, 0.25) is 5.82 Å². The molecule has 2 N–H and O–H groups in total. The Morgan fingerprint density at radius 1 is 1.28 bits per heavy atom. The molecule has 0 radical (unpaired) electrons. The number of imidazole rings is 1. The molecular weight excluding hydrogens is 296 g/mol. The second kappa shape index (κ2) is 4.80. The van der Waals surface area contributed by atoms with Gasteiger partial charge in [-0.25, -0.2) is 4.98 Å². The number of hydrogen-bond acceptors (Lipinski definition) is 2. The van der Waals surface area contributed by atoms with Crippen LogP contribution in [-0.2, 0) is 0 Å². The summed E-state index contributed by atoms with van der Waals surface area (Å²) in [5, 5.41) is 1.07. The number of hydrogen-bond donors (Lipinski definition) is 1. The summed E-state index contributed by atoms with van der Waals surface area (Å²) in [6.45, 7) is 1.68. The van der Waals surface area contributed by atoms with E-state index in [0.29, 0.717) is 26.6 Å². The quantitative estimate of drug-likeness (QED) is 0.926. The lowest BCUT2D eigenvalue weighted by Crippen LogP contribution is -2.17. The molecule has 94 valence electrons. The van der Waals surface area contributed by atoms with Crippen molar-refractivity contribution in [3.05, 3.63) is 44.9 Å². The third-order valence-corrected chi connectivity index (χ3v) is 3.54. The van der Waals surface area contributed by atoms with Gasteiger partial charge >= 0.3 is 0 Å². The Bertz CT molecular complexity index is 637. The lowest BCUT2D eigenvalue weighted by molar-refractivity contribution is 0.0989. The molecule has 0 saturated carbocycles. The summed E-state index contributed by atoms with van der Waals surface area (Å²) in [5.74, 6) is -0.619. The van der Waals surface area contributed by atoms with Crippen LogP contribution in [0.15, 0.2) is 18.2 Å². The standard InChI is InChI=1S/C11H8Cl3N3O/c1-5-9(14)17(11(16-5)10(15)18)6-2-3-7(12)8(13)4-6/h2-4H,1H3,(H2,15,18). The van der Waals surface area contributed by atoms with E-state index < -0.39 is 5.91 Å². The van der Waals surface area contributed by atoms with Gasteiger partial charge < -0.3 is 5.73 Å². The lowest BCUT2D eigenvalue weighted by Gasteiger charge is -2.08. The molecule has 1 amide bonds. The number of nitrogens with two attached hydrogens (primary N) is 1. The first kappa shape index (κ1) is 13.2. The summed E-state index contributed by atoms with van der Waals surface area (Å²) >= 11 is 17.9. The highest BCUT2D eigenvalue weighted by Gasteiger charge is 2.18. The number of rotatable bonds is 2. The van der Waals surface area contributed by atoms with Gasteiger partial charge in [-0.05, 0) is 25.1 Å². The molecular formula is C11H8Cl3N3O. The van der Waals surface area contributed by atoms with Crippen molar-refractivity contribution in [2.45, 2.75) is 6.92 Å². The zero-order chi connectivity index (χ0) is 13.4. The number of aromatic nitrogens is 2. The molecule has 0 aliphatic heterocycles. The van der Waals surface area contributed by atoms with Crippen molar-refractivity contribution in [1.29, 1.82) is 0 Å². The molecule has 2 rings (SSSR count). The van der Waals surface area contributed by atoms with E-state index in [0.717, 1.165) is 0 Å². The fourth-order valence-corrected chi connectivity index (χ4v) is 2.05. The van der Waals surface area contributed by atoms with Crippen LogP contribution in [0, 0.1) is 6.92 Å². The molecule has 0 bridgehead atoms. The van der Waals surface area contributed by atoms with Crippen LogP contribution in [-0.4, -0.2) is 15.5 Å². The first-order valence-electron chi connectivity index (χ1n) is 4.92. The third-order valence-electron chi connectivity index (χ3n) is 2.36. The highest BCUT2D eigenvalue weighted by molar-refractivity contribution is 6.42. The maximum absolute atomic E-state index is 11.3. The first-order valence-corrected chi connectivity index (χ1v) is 6.05. The van der Waals surface area contributed by atoms with Gasteiger partial charge in [0.15, 0.2) is 0 Å². The van der Waals surface area contributed by atoms with E-state index in [1.54, 1.807) is 25.1 Å². The molecule has 0 spiro atoms. The molecule has 7 heteroatoms. The van der Waals surface area contributed by atoms with Crippen LogP contribution >= 0.6 is 34.8 Å². The van der Waals surface area contributed by atoms with E-state index in [1.165, 1.54) is 4.57 Å². The predicted molar refractivity (Wildman–Crippen MR) is 71.8 cm³/mol. The van der Waals surface area contributed by atoms with Gasteiger partial charge in [-0.1, -0.05) is 34.8 Å². The Hall–Kier alpha value is -1.23. The zero-order valence-corrected chi connectivity index (χ0v) is 11.5. The molecule has 1 aromatic carbocycles. The van der Waals surface area contributed by atoms with Gasteiger partial charge in [0.25, 0.3) is 5.91 Å². The number of carbonyl (C=O) groups excluding carboxylic acids is 1. The van der Waals surface area contributed by atoms with E-state index in [-0.39, 0.29) is 5.82 Å². The minimum absolute atomic E-state index is 0.0517. The highest BCUT2D eigenvalue weighted by Crippen LogP contribution is 2.28. The van der Waals surface area contributed by atoms with Crippen LogP contribution in [0.1, 0.15) is 16.3 Å². The van der Waals surface area contributed by atoms with Crippen LogP contribution in [0.4, 0.5) is 0 Å². The topological polar surface area (TPSA) is 60.9 Å². The number of aryl methyl sites for hydroxylation is 1. The fourth-order valence-electron chi connectivity index (χ4n) is 1.53. The summed E-state index contributed by atoms with van der Waals surface area (Å²) in [6, 6.07) is 4.87. The molecule has 2 aromatic rings. The van der Waals surface area contributed by atoms with E-state index in [4.69, 9.17) is 40.5 Å². The largest absolute Gasteiger partial charge is 0.363 e. The van der Waals surface area contributed by atoms with Gasteiger partial charge in [0.05, 0.1) is 21.4 Å². The number of benzene rings is 1.